The molecule has 3 aromatic carbocycles. The number of ether oxygens (including phenoxy) is 4. The maximum absolute atomic E-state index is 12.5. The predicted molar refractivity (Wildman–Crippen MR) is 109 cm³/mol. The summed E-state index contributed by atoms with van der Waals surface area (Å²) in [6.45, 7) is 0.106. The van der Waals surface area contributed by atoms with Crippen molar-refractivity contribution in [3.8, 4) is 23.0 Å². The van der Waals surface area contributed by atoms with Crippen LogP contribution in [0, 0.1) is 0 Å². The number of carbonyl (C=O) groups excluding carboxylic acids is 1. The van der Waals surface area contributed by atoms with Crippen molar-refractivity contribution in [2.45, 2.75) is 6.10 Å². The molecule has 3 aromatic rings. The molecule has 29 heavy (non-hydrogen) atoms. The van der Waals surface area contributed by atoms with Crippen LogP contribution in [0.1, 0.15) is 5.56 Å². The third kappa shape index (κ3) is 3.80. The summed E-state index contributed by atoms with van der Waals surface area (Å²) >= 11 is 0. The minimum Gasteiger partial charge on any atom is -0.493 e. The molecule has 1 heterocycles. The second-order valence-electron chi connectivity index (χ2n) is 6.38. The van der Waals surface area contributed by atoms with E-state index in [1.165, 1.54) is 6.21 Å². The van der Waals surface area contributed by atoms with Crippen molar-refractivity contribution in [2.75, 3.05) is 20.8 Å². The van der Waals surface area contributed by atoms with Crippen LogP contribution in [0.15, 0.2) is 59.7 Å². The van der Waals surface area contributed by atoms with E-state index in [9.17, 15) is 4.79 Å². The van der Waals surface area contributed by atoms with Crippen molar-refractivity contribution in [3.63, 3.8) is 0 Å². The number of carbonyl (C=O) groups is 1. The molecule has 1 unspecified atom stereocenters. The summed E-state index contributed by atoms with van der Waals surface area (Å²) in [4.78, 5) is 12.5. The van der Waals surface area contributed by atoms with E-state index in [-0.39, 0.29) is 6.61 Å². The Kier molecular flexibility index (Phi) is 5.20. The Morgan fingerprint density at radius 1 is 1.07 bits per heavy atom. The lowest BCUT2D eigenvalue weighted by molar-refractivity contribution is -0.130. The normalized spacial score (nSPS) is 15.3. The Morgan fingerprint density at radius 2 is 1.83 bits per heavy atom. The SMILES string of the molecule is COc1cccc(/C=N\NC(=O)C2COc3cc4ccccc4cc3O2)c1OC. The van der Waals surface area contributed by atoms with Crippen LogP contribution in [0.25, 0.3) is 10.8 Å². The molecule has 4 rings (SSSR count). The highest BCUT2D eigenvalue weighted by molar-refractivity contribution is 5.89. The molecule has 1 aliphatic heterocycles. The molecule has 0 aromatic heterocycles. The van der Waals surface area contributed by atoms with Crippen molar-refractivity contribution >= 4 is 22.9 Å². The van der Waals surface area contributed by atoms with Crippen molar-refractivity contribution in [2.24, 2.45) is 5.10 Å². The fourth-order valence-electron chi connectivity index (χ4n) is 3.14. The average molecular weight is 392 g/mol. The van der Waals surface area contributed by atoms with Gasteiger partial charge in [-0.3, -0.25) is 4.79 Å². The zero-order valence-corrected chi connectivity index (χ0v) is 16.0. The van der Waals surface area contributed by atoms with E-state index in [4.69, 9.17) is 18.9 Å². The highest BCUT2D eigenvalue weighted by atomic mass is 16.6. The lowest BCUT2D eigenvalue weighted by Gasteiger charge is -2.25. The van der Waals surface area contributed by atoms with Crippen LogP contribution in [0.2, 0.25) is 0 Å². The van der Waals surface area contributed by atoms with E-state index < -0.39 is 12.0 Å². The monoisotopic (exact) mass is 392 g/mol. The number of hydrogen-bond acceptors (Lipinski definition) is 6. The quantitative estimate of drug-likeness (QED) is 0.533. The van der Waals surface area contributed by atoms with Gasteiger partial charge in [-0.25, -0.2) is 5.43 Å². The molecular formula is C22H20N2O5. The fraction of sp³-hybridized carbons (Fsp3) is 0.182. The van der Waals surface area contributed by atoms with Crippen molar-refractivity contribution in [3.05, 3.63) is 60.2 Å². The number of benzene rings is 3. The Labute approximate surface area is 167 Å². The first-order valence-corrected chi connectivity index (χ1v) is 9.05. The van der Waals surface area contributed by atoms with Gasteiger partial charge in [0, 0.05) is 5.56 Å². The van der Waals surface area contributed by atoms with Gasteiger partial charge in [0.15, 0.2) is 23.0 Å². The van der Waals surface area contributed by atoms with Gasteiger partial charge in [0.25, 0.3) is 5.91 Å². The fourth-order valence-corrected chi connectivity index (χ4v) is 3.14. The lowest BCUT2D eigenvalue weighted by Crippen LogP contribution is -2.42. The van der Waals surface area contributed by atoms with Gasteiger partial charge < -0.3 is 18.9 Å². The maximum Gasteiger partial charge on any atom is 0.284 e. The second kappa shape index (κ2) is 8.10. The number of para-hydroxylation sites is 1. The first-order valence-electron chi connectivity index (χ1n) is 9.05. The van der Waals surface area contributed by atoms with Crippen molar-refractivity contribution < 1.29 is 23.7 Å². The number of hydrazone groups is 1. The van der Waals surface area contributed by atoms with Gasteiger partial charge >= 0.3 is 0 Å². The zero-order chi connectivity index (χ0) is 20.2. The number of rotatable bonds is 5. The Bertz CT molecular complexity index is 1080. The smallest absolute Gasteiger partial charge is 0.284 e. The van der Waals surface area contributed by atoms with Crippen LogP contribution in [0.3, 0.4) is 0 Å². The van der Waals surface area contributed by atoms with Crippen LogP contribution < -0.4 is 24.4 Å². The molecule has 1 amide bonds. The Morgan fingerprint density at radius 3 is 2.55 bits per heavy atom. The van der Waals surface area contributed by atoms with E-state index in [0.29, 0.717) is 28.6 Å². The molecule has 1 N–H and O–H groups in total. The summed E-state index contributed by atoms with van der Waals surface area (Å²) in [5, 5.41) is 6.07. The average Bonchev–Trinajstić information content (AvgIpc) is 2.76. The third-order valence-corrected chi connectivity index (χ3v) is 4.58. The first-order chi connectivity index (χ1) is 14.2. The summed E-state index contributed by atoms with van der Waals surface area (Å²) in [7, 11) is 3.10. The van der Waals surface area contributed by atoms with E-state index in [0.717, 1.165) is 10.8 Å². The Hall–Kier alpha value is -3.74. The number of hydrogen-bond donors (Lipinski definition) is 1. The predicted octanol–water partition coefficient (Wildman–Crippen LogP) is 3.15. The summed E-state index contributed by atoms with van der Waals surface area (Å²) in [5.74, 6) is 1.87. The largest absolute Gasteiger partial charge is 0.493 e. The number of amides is 1. The van der Waals surface area contributed by atoms with Gasteiger partial charge in [0.2, 0.25) is 6.10 Å². The number of methoxy groups -OCH3 is 2. The van der Waals surface area contributed by atoms with E-state index in [1.807, 2.05) is 42.5 Å². The minimum absolute atomic E-state index is 0.106. The molecule has 148 valence electrons. The molecule has 0 saturated heterocycles. The molecular weight excluding hydrogens is 372 g/mol. The lowest BCUT2D eigenvalue weighted by atomic mass is 10.1. The molecule has 0 bridgehead atoms. The maximum atomic E-state index is 12.5. The first kappa shape index (κ1) is 18.6. The zero-order valence-electron chi connectivity index (χ0n) is 16.0. The highest BCUT2D eigenvalue weighted by Crippen LogP contribution is 2.36. The Balaban J connectivity index is 1.45. The van der Waals surface area contributed by atoms with Crippen molar-refractivity contribution in [1.82, 2.24) is 5.43 Å². The molecule has 0 saturated carbocycles. The summed E-state index contributed by atoms with van der Waals surface area (Å²) < 4.78 is 22.1. The summed E-state index contributed by atoms with van der Waals surface area (Å²) in [5.41, 5.74) is 3.16. The van der Waals surface area contributed by atoms with Crippen molar-refractivity contribution in [1.29, 1.82) is 0 Å². The third-order valence-electron chi connectivity index (χ3n) is 4.58. The second-order valence-corrected chi connectivity index (χ2v) is 6.38. The van der Waals surface area contributed by atoms with Gasteiger partial charge in [-0.1, -0.05) is 30.3 Å². The van der Waals surface area contributed by atoms with Crippen LogP contribution in [-0.4, -0.2) is 39.1 Å². The molecule has 0 radical (unpaired) electrons. The number of nitrogens with zero attached hydrogens (tertiary/aromatic N) is 1. The number of nitrogens with one attached hydrogen (secondary N) is 1. The number of fused-ring (bicyclic) bond motifs is 2. The minimum atomic E-state index is -0.798. The van der Waals surface area contributed by atoms with Gasteiger partial charge in [-0.15, -0.1) is 0 Å². The molecule has 1 aliphatic rings. The van der Waals surface area contributed by atoms with Crippen LogP contribution in [0.5, 0.6) is 23.0 Å². The molecule has 0 fully saturated rings. The summed E-state index contributed by atoms with van der Waals surface area (Å²) in [6.07, 6.45) is 0.692. The molecule has 1 atom stereocenters. The molecule has 7 heteroatoms. The van der Waals surface area contributed by atoms with Crippen LogP contribution in [-0.2, 0) is 4.79 Å². The standard InChI is InChI=1S/C22H20N2O5/c1-26-17-9-5-8-16(21(17)27-2)12-23-24-22(25)20-13-28-18-10-14-6-3-4-7-15(14)11-19(18)29-20/h3-12,20H,13H2,1-2H3,(H,24,25)/b23-12-. The molecule has 0 aliphatic carbocycles. The molecule has 0 spiro atoms. The molecule has 7 nitrogen and oxygen atoms in total. The topological polar surface area (TPSA) is 78.4 Å². The van der Waals surface area contributed by atoms with Crippen LogP contribution in [0.4, 0.5) is 0 Å². The van der Waals surface area contributed by atoms with Gasteiger partial charge in [0.05, 0.1) is 20.4 Å². The van der Waals surface area contributed by atoms with E-state index in [1.54, 1.807) is 26.4 Å². The van der Waals surface area contributed by atoms with E-state index in [2.05, 4.69) is 10.5 Å². The van der Waals surface area contributed by atoms with Crippen LogP contribution >= 0.6 is 0 Å². The van der Waals surface area contributed by atoms with Gasteiger partial charge in [-0.2, -0.15) is 5.10 Å². The summed E-state index contributed by atoms with van der Waals surface area (Å²) in [6, 6.07) is 17.1. The van der Waals surface area contributed by atoms with Gasteiger partial charge in [0.1, 0.15) is 6.61 Å². The van der Waals surface area contributed by atoms with Gasteiger partial charge in [-0.05, 0) is 35.0 Å². The highest BCUT2D eigenvalue weighted by Gasteiger charge is 2.27. The van der Waals surface area contributed by atoms with E-state index >= 15 is 0 Å².